The van der Waals surface area contributed by atoms with E-state index in [1.54, 1.807) is 38.2 Å². The van der Waals surface area contributed by atoms with Crippen molar-refractivity contribution in [2.24, 2.45) is 0 Å². The molecule has 0 radical (unpaired) electrons. The fraction of sp³-hybridized carbons (Fsp3) is 0.400. The first-order valence-corrected chi connectivity index (χ1v) is 6.21. The highest BCUT2D eigenvalue weighted by molar-refractivity contribution is 5.77. The molecule has 1 aromatic carbocycles. The molecule has 0 atom stereocenters. The summed E-state index contributed by atoms with van der Waals surface area (Å²) in [5.74, 6) is 4.73. The zero-order valence-corrected chi connectivity index (χ0v) is 12.0. The van der Waals surface area contributed by atoms with E-state index in [0.717, 1.165) is 0 Å². The van der Waals surface area contributed by atoms with Crippen LogP contribution in [0.15, 0.2) is 18.2 Å². The maximum Gasteiger partial charge on any atom is 0.236 e. The summed E-state index contributed by atoms with van der Waals surface area (Å²) in [6.07, 6.45) is 0. The average Bonchev–Trinajstić information content (AvgIpc) is 2.39. The van der Waals surface area contributed by atoms with Crippen LogP contribution in [0.3, 0.4) is 0 Å². The van der Waals surface area contributed by atoms with E-state index >= 15 is 0 Å². The summed E-state index contributed by atoms with van der Waals surface area (Å²) in [6, 6.07) is 4.68. The van der Waals surface area contributed by atoms with Gasteiger partial charge in [0.05, 0.1) is 6.54 Å². The monoisotopic (exact) mass is 278 g/mol. The van der Waals surface area contributed by atoms with Gasteiger partial charge in [0.25, 0.3) is 0 Å². The topological polar surface area (TPSA) is 43.8 Å². The summed E-state index contributed by atoms with van der Waals surface area (Å²) in [6.45, 7) is 0.330. The minimum absolute atomic E-state index is 0.0293. The van der Waals surface area contributed by atoms with Crippen molar-refractivity contribution < 1.29 is 14.3 Å². The Balaban J connectivity index is 2.71. The van der Waals surface area contributed by atoms with E-state index in [0.29, 0.717) is 17.7 Å². The lowest BCUT2D eigenvalue weighted by molar-refractivity contribution is -0.129. The first-order valence-electron chi connectivity index (χ1n) is 6.21. The minimum Gasteiger partial charge on any atom is -0.384 e. The van der Waals surface area contributed by atoms with Crippen molar-refractivity contribution in [2.75, 3.05) is 34.3 Å². The molecule has 0 saturated carbocycles. The molecule has 108 valence electrons. The van der Waals surface area contributed by atoms with Crippen LogP contribution in [0.25, 0.3) is 0 Å². The molecule has 0 aliphatic heterocycles. The molecule has 0 unspecified atom stereocenters. The number of halogens is 1. The fourth-order valence-electron chi connectivity index (χ4n) is 1.61. The maximum atomic E-state index is 13.9. The van der Waals surface area contributed by atoms with Gasteiger partial charge < -0.3 is 10.0 Å². The van der Waals surface area contributed by atoms with Gasteiger partial charge in [-0.2, -0.15) is 0 Å². The van der Waals surface area contributed by atoms with Gasteiger partial charge in [-0.3, -0.25) is 9.69 Å². The second-order valence-electron chi connectivity index (χ2n) is 4.73. The molecule has 0 fully saturated rings. The van der Waals surface area contributed by atoms with E-state index in [1.807, 2.05) is 0 Å². The molecule has 1 amide bonds. The van der Waals surface area contributed by atoms with Crippen molar-refractivity contribution in [2.45, 2.75) is 6.54 Å². The molecule has 0 bridgehead atoms. The van der Waals surface area contributed by atoms with Crippen LogP contribution in [0.2, 0.25) is 0 Å². The molecule has 0 spiro atoms. The lowest BCUT2D eigenvalue weighted by Crippen LogP contribution is -2.34. The molecular formula is C15H19FN2O2. The third-order valence-electron chi connectivity index (χ3n) is 2.71. The molecule has 0 aromatic heterocycles. The number of rotatable bonds is 4. The van der Waals surface area contributed by atoms with Gasteiger partial charge in [-0.25, -0.2) is 4.39 Å². The SMILES string of the molecule is CN(CC(=O)N(C)C)Cc1ccc(C#CCO)cc1F. The molecule has 0 aliphatic rings. The zero-order valence-electron chi connectivity index (χ0n) is 12.0. The molecular weight excluding hydrogens is 259 g/mol. The molecule has 20 heavy (non-hydrogen) atoms. The van der Waals surface area contributed by atoms with Crippen LogP contribution in [0.4, 0.5) is 4.39 Å². The molecule has 4 nitrogen and oxygen atoms in total. The van der Waals surface area contributed by atoms with E-state index in [4.69, 9.17) is 5.11 Å². The minimum atomic E-state index is -0.362. The van der Waals surface area contributed by atoms with Gasteiger partial charge in [-0.1, -0.05) is 17.9 Å². The van der Waals surface area contributed by atoms with Crippen LogP contribution in [0.1, 0.15) is 11.1 Å². The summed E-state index contributed by atoms with van der Waals surface area (Å²) in [7, 11) is 5.14. The predicted octanol–water partition coefficient (Wildman–Crippen LogP) is 0.689. The standard InChI is InChI=1S/C15H19FN2O2/c1-17(2)15(20)11-18(3)10-13-7-6-12(5-4-8-19)9-14(13)16/h6-7,9,19H,8,10-11H2,1-3H3. The second kappa shape index (κ2) is 7.63. The van der Waals surface area contributed by atoms with Gasteiger partial charge in [-0.15, -0.1) is 0 Å². The lowest BCUT2D eigenvalue weighted by Gasteiger charge is -2.19. The number of carbonyl (C=O) groups is 1. The van der Waals surface area contributed by atoms with Crippen molar-refractivity contribution in [3.63, 3.8) is 0 Å². The van der Waals surface area contributed by atoms with Gasteiger partial charge in [-0.05, 0) is 19.2 Å². The number of nitrogens with zero attached hydrogens (tertiary/aromatic N) is 2. The van der Waals surface area contributed by atoms with Gasteiger partial charge >= 0.3 is 0 Å². The molecule has 0 heterocycles. The van der Waals surface area contributed by atoms with Gasteiger partial charge in [0.15, 0.2) is 0 Å². The van der Waals surface area contributed by atoms with E-state index in [2.05, 4.69) is 11.8 Å². The fourth-order valence-corrected chi connectivity index (χ4v) is 1.61. The van der Waals surface area contributed by atoms with E-state index in [-0.39, 0.29) is 24.9 Å². The average molecular weight is 278 g/mol. The largest absolute Gasteiger partial charge is 0.384 e. The molecule has 0 aliphatic carbocycles. The second-order valence-corrected chi connectivity index (χ2v) is 4.73. The Kier molecular flexibility index (Phi) is 6.16. The summed E-state index contributed by atoms with van der Waals surface area (Å²) in [5, 5.41) is 8.59. The quantitative estimate of drug-likeness (QED) is 0.824. The number of benzene rings is 1. The maximum absolute atomic E-state index is 13.9. The number of aliphatic hydroxyl groups excluding tert-OH is 1. The number of aliphatic hydroxyl groups is 1. The molecule has 0 saturated heterocycles. The molecule has 5 heteroatoms. The van der Waals surface area contributed by atoms with Crippen LogP contribution >= 0.6 is 0 Å². The summed E-state index contributed by atoms with van der Waals surface area (Å²) in [4.78, 5) is 14.8. The van der Waals surface area contributed by atoms with Crippen molar-refractivity contribution in [1.29, 1.82) is 0 Å². The number of likely N-dealkylation sites (N-methyl/N-ethyl adjacent to an activating group) is 2. The van der Waals surface area contributed by atoms with Crippen LogP contribution in [0.5, 0.6) is 0 Å². The molecule has 1 aromatic rings. The van der Waals surface area contributed by atoms with Crippen molar-refractivity contribution in [1.82, 2.24) is 9.80 Å². The van der Waals surface area contributed by atoms with Crippen LogP contribution in [0, 0.1) is 17.7 Å². The van der Waals surface area contributed by atoms with Crippen LogP contribution < -0.4 is 0 Å². The smallest absolute Gasteiger partial charge is 0.236 e. The Morgan fingerprint density at radius 1 is 1.35 bits per heavy atom. The Morgan fingerprint density at radius 3 is 2.60 bits per heavy atom. The number of carbonyl (C=O) groups excluding carboxylic acids is 1. The normalized spacial score (nSPS) is 10.1. The summed E-state index contributed by atoms with van der Waals surface area (Å²) < 4.78 is 13.9. The van der Waals surface area contributed by atoms with E-state index in [9.17, 15) is 9.18 Å². The first-order chi connectivity index (χ1) is 9.43. The number of amides is 1. The Labute approximate surface area is 118 Å². The number of hydrogen-bond acceptors (Lipinski definition) is 3. The highest BCUT2D eigenvalue weighted by atomic mass is 19.1. The summed E-state index contributed by atoms with van der Waals surface area (Å²) >= 11 is 0. The Morgan fingerprint density at radius 2 is 2.05 bits per heavy atom. The molecule has 1 rings (SSSR count). The van der Waals surface area contributed by atoms with Gasteiger partial charge in [0.1, 0.15) is 12.4 Å². The predicted molar refractivity (Wildman–Crippen MR) is 75.4 cm³/mol. The van der Waals surface area contributed by atoms with Gasteiger partial charge in [0.2, 0.25) is 5.91 Å². The Bertz CT molecular complexity index is 532. The van der Waals surface area contributed by atoms with E-state index < -0.39 is 0 Å². The third kappa shape index (κ3) is 5.00. The third-order valence-corrected chi connectivity index (χ3v) is 2.71. The lowest BCUT2D eigenvalue weighted by atomic mass is 10.1. The van der Waals surface area contributed by atoms with Crippen LogP contribution in [-0.4, -0.2) is 55.1 Å². The first kappa shape index (κ1) is 16.2. The highest BCUT2D eigenvalue weighted by Crippen LogP contribution is 2.12. The van der Waals surface area contributed by atoms with E-state index in [1.165, 1.54) is 11.0 Å². The number of hydrogen-bond donors (Lipinski definition) is 1. The van der Waals surface area contributed by atoms with Crippen molar-refractivity contribution >= 4 is 5.91 Å². The molecule has 1 N–H and O–H groups in total. The van der Waals surface area contributed by atoms with Crippen molar-refractivity contribution in [3.05, 3.63) is 35.1 Å². The zero-order chi connectivity index (χ0) is 15.1. The van der Waals surface area contributed by atoms with Crippen molar-refractivity contribution in [3.8, 4) is 11.8 Å². The highest BCUT2D eigenvalue weighted by Gasteiger charge is 2.11. The Hall–Kier alpha value is -1.90. The van der Waals surface area contributed by atoms with Crippen LogP contribution in [-0.2, 0) is 11.3 Å². The summed E-state index contributed by atoms with van der Waals surface area (Å²) in [5.41, 5.74) is 1.03. The van der Waals surface area contributed by atoms with Gasteiger partial charge in [0, 0.05) is 31.8 Å².